The van der Waals surface area contributed by atoms with Crippen LogP contribution >= 0.6 is 0 Å². The summed E-state index contributed by atoms with van der Waals surface area (Å²) in [5.41, 5.74) is 2.44. The van der Waals surface area contributed by atoms with Gasteiger partial charge in [0.05, 0.1) is 12.6 Å². The second-order valence-electron chi connectivity index (χ2n) is 8.84. The van der Waals surface area contributed by atoms with E-state index in [0.717, 1.165) is 5.56 Å². The van der Waals surface area contributed by atoms with Gasteiger partial charge in [-0.25, -0.2) is 0 Å². The van der Waals surface area contributed by atoms with Gasteiger partial charge in [-0.1, -0.05) is 60.7 Å². The van der Waals surface area contributed by atoms with E-state index >= 15 is 0 Å². The molecule has 38 heavy (non-hydrogen) atoms. The summed E-state index contributed by atoms with van der Waals surface area (Å²) in [5.74, 6) is -3.07. The summed E-state index contributed by atoms with van der Waals surface area (Å²) < 4.78 is 8.20. The summed E-state index contributed by atoms with van der Waals surface area (Å²) in [6.07, 6.45) is -0.895. The van der Waals surface area contributed by atoms with Crippen LogP contribution in [0.25, 0.3) is 0 Å². The molecule has 0 saturated carbocycles. The molecular weight excluding hydrogens is 583 g/mol. The molecule has 0 aliphatic heterocycles. The Hall–Kier alpha value is -3.42. The third-order valence-corrected chi connectivity index (χ3v) is 9.59. The number of ether oxygens (including phenoxy) is 1. The van der Waals surface area contributed by atoms with Gasteiger partial charge >= 0.3 is 102 Å². The molecule has 0 spiro atoms. The number of aliphatic carboxylic acids is 2. The summed E-state index contributed by atoms with van der Waals surface area (Å²) in [4.78, 5) is 22.7. The zero-order valence-electron chi connectivity index (χ0n) is 21.1. The summed E-state index contributed by atoms with van der Waals surface area (Å²) in [7, 11) is 0. The number of carboxylic acid groups (broad SMARTS) is 2. The van der Waals surface area contributed by atoms with Crippen molar-refractivity contribution in [1.29, 1.82) is 0 Å². The van der Waals surface area contributed by atoms with Crippen molar-refractivity contribution in [2.75, 3.05) is 0 Å². The maximum absolute atomic E-state index is 11.7. The van der Waals surface area contributed by atoms with Gasteiger partial charge in [0, 0.05) is 18.8 Å². The van der Waals surface area contributed by atoms with Gasteiger partial charge in [0.1, 0.15) is 5.60 Å². The molecule has 0 heterocycles. The topological polar surface area (TPSA) is 89.5 Å². The molecule has 4 aromatic rings. The number of carboxylic acids is 2. The molecule has 4 aromatic carbocycles. The fraction of sp³-hybridized carbons (Fsp3) is 0.188. The summed E-state index contributed by atoms with van der Waals surface area (Å²) in [6.45, 7) is -0.0328. The van der Waals surface area contributed by atoms with Crippen LogP contribution in [-0.2, 0) is 36.2 Å². The van der Waals surface area contributed by atoms with Crippen molar-refractivity contribution >= 4 is 33.1 Å². The van der Waals surface area contributed by atoms with Gasteiger partial charge in [-0.3, -0.25) is 0 Å². The first-order chi connectivity index (χ1) is 18.5. The summed E-state index contributed by atoms with van der Waals surface area (Å²) >= 11 is -0.258. The second kappa shape index (κ2) is 15.7. The minimum absolute atomic E-state index is 0.0328. The van der Waals surface area contributed by atoms with Crippen molar-refractivity contribution in [2.24, 2.45) is 0 Å². The monoisotopic (exact) mass is 614 g/mol. The maximum atomic E-state index is 11.7. The van der Waals surface area contributed by atoms with Gasteiger partial charge < -0.3 is 24.5 Å². The first-order valence-electron chi connectivity index (χ1n) is 12.4. The molecule has 1 unspecified atom stereocenters. The standard InChI is InChI=1S/C18H18O5.2C7H7.Sn/c19-16(20)12-18(17(21)22,11-14-7-3-1-4-8-14)23-13-15-9-5-2-6-10-15;2*1-7-5-3-2-4-6-7;/h1-10H,11-13H2,(H,19,20)(H,21,22);2*2-6H,1H2;/q;;;+2/p-2. The number of benzene rings is 4. The Morgan fingerprint density at radius 3 is 1.39 bits per heavy atom. The van der Waals surface area contributed by atoms with Gasteiger partial charge in [0.15, 0.2) is 0 Å². The summed E-state index contributed by atoms with van der Waals surface area (Å²) in [5, 5.41) is 22.7. The van der Waals surface area contributed by atoms with Crippen molar-refractivity contribution < 1.29 is 24.5 Å². The van der Waals surface area contributed by atoms with E-state index in [1.807, 2.05) is 6.07 Å². The fourth-order valence-electron chi connectivity index (χ4n) is 3.87. The zero-order chi connectivity index (χ0) is 27.1. The molecule has 0 amide bonds. The van der Waals surface area contributed by atoms with Gasteiger partial charge in [0.25, 0.3) is 0 Å². The number of hydrogen-bond donors (Lipinski definition) is 0. The van der Waals surface area contributed by atoms with Crippen molar-refractivity contribution in [1.82, 2.24) is 0 Å². The van der Waals surface area contributed by atoms with E-state index in [-0.39, 0.29) is 34.2 Å². The Morgan fingerprint density at radius 2 is 1.00 bits per heavy atom. The van der Waals surface area contributed by atoms with Crippen molar-refractivity contribution in [2.45, 2.75) is 33.9 Å². The SMILES string of the molecule is O=C([O-])CC(Cc1ccccc1)(OCc1ccccc1)C(=O)[O-].c1ccc([CH2][Sn+2][CH2]c2ccccc2)cc1. The Morgan fingerprint density at radius 1 is 0.605 bits per heavy atom. The van der Waals surface area contributed by atoms with Gasteiger partial charge in [-0.15, -0.1) is 0 Å². The Kier molecular flexibility index (Phi) is 12.1. The van der Waals surface area contributed by atoms with Crippen LogP contribution < -0.4 is 10.2 Å². The molecule has 0 bridgehead atoms. The van der Waals surface area contributed by atoms with Gasteiger partial charge in [-0.2, -0.15) is 0 Å². The molecule has 0 aliphatic carbocycles. The predicted octanol–water partition coefficient (Wildman–Crippen LogP) is 3.17. The van der Waals surface area contributed by atoms with Crippen LogP contribution in [-0.4, -0.2) is 38.7 Å². The van der Waals surface area contributed by atoms with E-state index in [0.29, 0.717) is 5.56 Å². The molecule has 0 radical (unpaired) electrons. The van der Waals surface area contributed by atoms with E-state index in [4.69, 9.17) is 4.74 Å². The molecule has 5 nitrogen and oxygen atoms in total. The molecule has 0 N–H and O–H groups in total. The molecule has 192 valence electrons. The van der Waals surface area contributed by atoms with Crippen LogP contribution in [0.5, 0.6) is 0 Å². The number of carbonyl (C=O) groups is 2. The predicted molar refractivity (Wildman–Crippen MR) is 145 cm³/mol. The first kappa shape index (κ1) is 29.1. The Bertz CT molecular complexity index is 1190. The zero-order valence-corrected chi connectivity index (χ0v) is 24.0. The second-order valence-corrected chi connectivity index (χ2v) is 12.3. The molecule has 1 atom stereocenters. The number of hydrogen-bond acceptors (Lipinski definition) is 5. The average Bonchev–Trinajstić information content (AvgIpc) is 2.94. The van der Waals surface area contributed by atoms with Gasteiger partial charge in [0.2, 0.25) is 0 Å². The van der Waals surface area contributed by atoms with Crippen LogP contribution in [0.4, 0.5) is 0 Å². The molecule has 0 saturated heterocycles. The van der Waals surface area contributed by atoms with E-state index in [9.17, 15) is 19.8 Å². The average molecular weight is 613 g/mol. The number of carbonyl (C=O) groups excluding carboxylic acids is 2. The quantitative estimate of drug-likeness (QED) is 0.229. The molecular formula is C32H30O5Sn. The van der Waals surface area contributed by atoms with E-state index in [1.54, 1.807) is 54.6 Å². The van der Waals surface area contributed by atoms with E-state index in [2.05, 4.69) is 60.7 Å². The fourth-order valence-corrected chi connectivity index (χ4v) is 7.22. The summed E-state index contributed by atoms with van der Waals surface area (Å²) in [6, 6.07) is 39.3. The normalized spacial score (nSPS) is 11.8. The van der Waals surface area contributed by atoms with Crippen LogP contribution in [0.3, 0.4) is 0 Å². The Labute approximate surface area is 234 Å². The minimum atomic E-state index is -1.98. The molecule has 0 fully saturated rings. The molecule has 0 aromatic heterocycles. The van der Waals surface area contributed by atoms with E-state index < -0.39 is 24.0 Å². The molecule has 4 rings (SSSR count). The van der Waals surface area contributed by atoms with Crippen molar-refractivity contribution in [3.8, 4) is 0 Å². The van der Waals surface area contributed by atoms with Crippen molar-refractivity contribution in [3.63, 3.8) is 0 Å². The van der Waals surface area contributed by atoms with Crippen LogP contribution in [0.15, 0.2) is 121 Å². The molecule has 6 heteroatoms. The van der Waals surface area contributed by atoms with Crippen molar-refractivity contribution in [3.05, 3.63) is 144 Å². The van der Waals surface area contributed by atoms with Crippen LogP contribution in [0.2, 0.25) is 0 Å². The third-order valence-electron chi connectivity index (χ3n) is 5.84. The molecule has 0 aliphatic rings. The number of rotatable bonds is 12. The van der Waals surface area contributed by atoms with E-state index in [1.165, 1.54) is 20.0 Å². The van der Waals surface area contributed by atoms with Gasteiger partial charge in [-0.05, 0) is 11.1 Å². The third kappa shape index (κ3) is 10.1. The van der Waals surface area contributed by atoms with Crippen LogP contribution in [0.1, 0.15) is 28.7 Å². The first-order valence-corrected chi connectivity index (χ1v) is 16.4. The Balaban J connectivity index is 0.000000230. The van der Waals surface area contributed by atoms with Crippen LogP contribution in [0, 0.1) is 0 Å².